The summed E-state index contributed by atoms with van der Waals surface area (Å²) in [4.78, 5) is 4.22. The first-order valence-electron chi connectivity index (χ1n) is 5.02. The van der Waals surface area contributed by atoms with Crippen LogP contribution in [0.1, 0.15) is 11.9 Å². The molecule has 0 aliphatic carbocycles. The number of amidine groups is 1. The number of hydrogen-bond donors (Lipinski definition) is 1. The molecule has 86 valence electrons. The molecule has 1 aliphatic heterocycles. The number of rotatable bonds is 3. The molecular formula is C11H13ClN2O2. The molecule has 1 aliphatic rings. The third-order valence-corrected chi connectivity index (χ3v) is 2.49. The minimum absolute atomic E-state index is 0.209. The topological polar surface area (TPSA) is 56.8 Å². The zero-order valence-corrected chi connectivity index (χ0v) is 9.48. The summed E-state index contributed by atoms with van der Waals surface area (Å²) >= 11 is 5.60. The normalized spacial score (nSPS) is 17.9. The molecule has 5 heteroatoms. The van der Waals surface area contributed by atoms with Crippen LogP contribution in [0.15, 0.2) is 29.3 Å². The lowest BCUT2D eigenvalue weighted by molar-refractivity contribution is -0.0436. The maximum absolute atomic E-state index is 5.61. The van der Waals surface area contributed by atoms with E-state index in [1.165, 1.54) is 0 Å². The van der Waals surface area contributed by atoms with Crippen molar-refractivity contribution in [3.8, 4) is 0 Å². The van der Waals surface area contributed by atoms with E-state index in [9.17, 15) is 0 Å². The summed E-state index contributed by atoms with van der Waals surface area (Å²) in [6.45, 7) is 1.21. The number of ether oxygens (including phenoxy) is 2. The smallest absolute Gasteiger partial charge is 0.186 e. The molecule has 2 N–H and O–H groups in total. The van der Waals surface area contributed by atoms with Crippen molar-refractivity contribution in [2.75, 3.05) is 19.1 Å². The van der Waals surface area contributed by atoms with Gasteiger partial charge in [-0.2, -0.15) is 0 Å². The van der Waals surface area contributed by atoms with Crippen LogP contribution in [0.4, 0.5) is 5.69 Å². The highest BCUT2D eigenvalue weighted by Crippen LogP contribution is 2.31. The molecule has 1 aromatic carbocycles. The van der Waals surface area contributed by atoms with E-state index in [1.54, 1.807) is 0 Å². The van der Waals surface area contributed by atoms with Crippen molar-refractivity contribution in [3.63, 3.8) is 0 Å². The molecule has 0 amide bonds. The van der Waals surface area contributed by atoms with Gasteiger partial charge in [0.25, 0.3) is 0 Å². The van der Waals surface area contributed by atoms with Crippen LogP contribution in [0.2, 0.25) is 0 Å². The Bertz CT molecular complexity index is 389. The monoisotopic (exact) mass is 240 g/mol. The van der Waals surface area contributed by atoms with E-state index in [0.29, 0.717) is 19.0 Å². The van der Waals surface area contributed by atoms with Crippen molar-refractivity contribution in [2.45, 2.75) is 6.29 Å². The van der Waals surface area contributed by atoms with Crippen LogP contribution >= 0.6 is 11.6 Å². The van der Waals surface area contributed by atoms with E-state index in [4.69, 9.17) is 26.8 Å². The molecule has 4 nitrogen and oxygen atoms in total. The number of alkyl halides is 1. The quantitative estimate of drug-likeness (QED) is 0.499. The Hall–Kier alpha value is -1.10. The van der Waals surface area contributed by atoms with Gasteiger partial charge in [0.2, 0.25) is 0 Å². The van der Waals surface area contributed by atoms with Crippen LogP contribution in [0.25, 0.3) is 0 Å². The SMILES string of the molecule is NC(CCl)=Nc1ccccc1C1OCCO1. The Kier molecular flexibility index (Phi) is 3.77. The molecule has 1 heterocycles. The fourth-order valence-electron chi connectivity index (χ4n) is 1.51. The van der Waals surface area contributed by atoms with E-state index in [-0.39, 0.29) is 12.2 Å². The lowest BCUT2D eigenvalue weighted by atomic mass is 10.2. The summed E-state index contributed by atoms with van der Waals surface area (Å²) in [5.74, 6) is 0.591. The predicted octanol–water partition coefficient (Wildman–Crippen LogP) is 1.96. The second-order valence-electron chi connectivity index (χ2n) is 3.37. The Labute approximate surface area is 99.0 Å². The minimum Gasteiger partial charge on any atom is -0.386 e. The molecule has 0 spiro atoms. The Balaban J connectivity index is 2.29. The highest BCUT2D eigenvalue weighted by Gasteiger charge is 2.20. The fourth-order valence-corrected chi connectivity index (χ4v) is 1.57. The molecule has 1 aromatic rings. The summed E-state index contributed by atoms with van der Waals surface area (Å²) in [6, 6.07) is 7.57. The molecule has 1 saturated heterocycles. The summed E-state index contributed by atoms with van der Waals surface area (Å²) < 4.78 is 10.9. The molecule has 0 bridgehead atoms. The largest absolute Gasteiger partial charge is 0.386 e. The van der Waals surface area contributed by atoms with Gasteiger partial charge in [-0.1, -0.05) is 18.2 Å². The van der Waals surface area contributed by atoms with Crippen molar-refractivity contribution in [1.82, 2.24) is 0 Å². The van der Waals surface area contributed by atoms with Crippen LogP contribution in [0.5, 0.6) is 0 Å². The lowest BCUT2D eigenvalue weighted by Crippen LogP contribution is -2.12. The molecule has 2 rings (SSSR count). The van der Waals surface area contributed by atoms with Crippen molar-refractivity contribution < 1.29 is 9.47 Å². The highest BCUT2D eigenvalue weighted by atomic mass is 35.5. The van der Waals surface area contributed by atoms with Crippen molar-refractivity contribution in [3.05, 3.63) is 29.8 Å². The molecule has 0 saturated carbocycles. The average molecular weight is 241 g/mol. The van der Waals surface area contributed by atoms with E-state index in [0.717, 1.165) is 11.3 Å². The third kappa shape index (κ3) is 2.52. The van der Waals surface area contributed by atoms with Gasteiger partial charge in [0.1, 0.15) is 5.84 Å². The Morgan fingerprint density at radius 2 is 2.06 bits per heavy atom. The Morgan fingerprint density at radius 1 is 1.38 bits per heavy atom. The van der Waals surface area contributed by atoms with Crippen LogP contribution in [-0.4, -0.2) is 24.9 Å². The maximum atomic E-state index is 5.61. The van der Waals surface area contributed by atoms with Gasteiger partial charge in [-0.25, -0.2) is 4.99 Å². The predicted molar refractivity (Wildman–Crippen MR) is 63.1 cm³/mol. The third-order valence-electron chi connectivity index (χ3n) is 2.21. The zero-order valence-electron chi connectivity index (χ0n) is 8.73. The number of para-hydroxylation sites is 1. The van der Waals surface area contributed by atoms with Crippen LogP contribution < -0.4 is 5.73 Å². The van der Waals surface area contributed by atoms with Crippen LogP contribution in [0, 0.1) is 0 Å². The van der Waals surface area contributed by atoms with E-state index in [1.807, 2.05) is 24.3 Å². The van der Waals surface area contributed by atoms with Gasteiger partial charge in [-0.05, 0) is 6.07 Å². The molecule has 1 fully saturated rings. The highest BCUT2D eigenvalue weighted by molar-refractivity contribution is 6.28. The lowest BCUT2D eigenvalue weighted by Gasteiger charge is -2.11. The molecule has 0 aromatic heterocycles. The first kappa shape index (κ1) is 11.4. The van der Waals surface area contributed by atoms with Gasteiger partial charge in [-0.15, -0.1) is 11.6 Å². The van der Waals surface area contributed by atoms with Gasteiger partial charge in [0.05, 0.1) is 24.8 Å². The van der Waals surface area contributed by atoms with Gasteiger partial charge >= 0.3 is 0 Å². The Morgan fingerprint density at radius 3 is 2.75 bits per heavy atom. The average Bonchev–Trinajstić information content (AvgIpc) is 2.83. The number of benzene rings is 1. The molecular weight excluding hydrogens is 228 g/mol. The van der Waals surface area contributed by atoms with Gasteiger partial charge in [0, 0.05) is 5.56 Å². The number of halogens is 1. The van der Waals surface area contributed by atoms with Crippen molar-refractivity contribution in [2.24, 2.45) is 10.7 Å². The van der Waals surface area contributed by atoms with E-state index >= 15 is 0 Å². The van der Waals surface area contributed by atoms with Crippen LogP contribution in [0.3, 0.4) is 0 Å². The summed E-state index contributed by atoms with van der Waals surface area (Å²) in [5.41, 5.74) is 7.23. The summed E-state index contributed by atoms with van der Waals surface area (Å²) in [6.07, 6.45) is -0.344. The van der Waals surface area contributed by atoms with Gasteiger partial charge < -0.3 is 15.2 Å². The van der Waals surface area contributed by atoms with Crippen molar-refractivity contribution in [1.29, 1.82) is 0 Å². The molecule has 16 heavy (non-hydrogen) atoms. The first-order chi connectivity index (χ1) is 7.81. The summed E-state index contributed by atoms with van der Waals surface area (Å²) in [7, 11) is 0. The number of hydrogen-bond acceptors (Lipinski definition) is 3. The zero-order chi connectivity index (χ0) is 11.4. The standard InChI is InChI=1S/C11H13ClN2O2/c12-7-10(13)14-9-4-2-1-3-8(9)11-15-5-6-16-11/h1-4,11H,5-7H2,(H2,13,14). The minimum atomic E-state index is -0.344. The number of aliphatic imine (C=N–C) groups is 1. The second kappa shape index (κ2) is 5.30. The number of nitrogens with two attached hydrogens (primary N) is 1. The van der Waals surface area contributed by atoms with E-state index in [2.05, 4.69) is 4.99 Å². The molecule has 0 atom stereocenters. The van der Waals surface area contributed by atoms with Crippen LogP contribution in [-0.2, 0) is 9.47 Å². The van der Waals surface area contributed by atoms with Gasteiger partial charge in [-0.3, -0.25) is 0 Å². The van der Waals surface area contributed by atoms with E-state index < -0.39 is 0 Å². The molecule has 0 unspecified atom stereocenters. The maximum Gasteiger partial charge on any atom is 0.186 e. The number of nitrogens with zero attached hydrogens (tertiary/aromatic N) is 1. The van der Waals surface area contributed by atoms with Gasteiger partial charge in [0.15, 0.2) is 6.29 Å². The molecule has 0 radical (unpaired) electrons. The summed E-state index contributed by atoms with van der Waals surface area (Å²) in [5, 5.41) is 0. The van der Waals surface area contributed by atoms with Crippen molar-refractivity contribution >= 4 is 23.1 Å². The fraction of sp³-hybridized carbons (Fsp3) is 0.364. The first-order valence-corrected chi connectivity index (χ1v) is 5.56. The second-order valence-corrected chi connectivity index (χ2v) is 3.64.